The van der Waals surface area contributed by atoms with E-state index in [4.69, 9.17) is 0 Å². The fourth-order valence-electron chi connectivity index (χ4n) is 2.22. The zero-order valence-corrected chi connectivity index (χ0v) is 15.0. The van der Waals surface area contributed by atoms with Crippen molar-refractivity contribution in [3.8, 4) is 0 Å². The van der Waals surface area contributed by atoms with E-state index in [0.29, 0.717) is 6.54 Å². The van der Waals surface area contributed by atoms with Gasteiger partial charge in [0.05, 0.1) is 7.05 Å². The molecule has 2 aromatic rings. The molecule has 0 fully saturated rings. The van der Waals surface area contributed by atoms with Gasteiger partial charge in [0.15, 0.2) is 11.7 Å². The number of carbonyl (C=O) groups is 1. The third kappa shape index (κ3) is 6.00. The van der Waals surface area contributed by atoms with Crippen molar-refractivity contribution in [2.75, 3.05) is 18.9 Å². The molecule has 23 heavy (non-hydrogen) atoms. The smallest absolute Gasteiger partial charge is 0.275 e. The van der Waals surface area contributed by atoms with E-state index in [1.807, 2.05) is 38.4 Å². The predicted molar refractivity (Wildman–Crippen MR) is 95.3 cm³/mol. The zero-order valence-electron chi connectivity index (χ0n) is 14.1. The van der Waals surface area contributed by atoms with Gasteiger partial charge in [-0.1, -0.05) is 17.7 Å². The largest absolute Gasteiger partial charge is 0.349 e. The van der Waals surface area contributed by atoms with Crippen LogP contribution in [0.5, 0.6) is 0 Å². The van der Waals surface area contributed by atoms with Crippen molar-refractivity contribution in [3.05, 3.63) is 40.9 Å². The molecule has 2 rings (SSSR count). The first-order valence-electron chi connectivity index (χ1n) is 7.81. The number of benzene rings is 1. The number of likely N-dealkylation sites (N-methyl/N-ethyl adjacent to an activating group) is 1. The van der Waals surface area contributed by atoms with Crippen molar-refractivity contribution < 1.29 is 9.69 Å². The molecule has 0 aliphatic carbocycles. The number of hydrogen-bond donors (Lipinski definition) is 3. The summed E-state index contributed by atoms with van der Waals surface area (Å²) < 4.78 is 0. The highest BCUT2D eigenvalue weighted by Crippen LogP contribution is 2.20. The first kappa shape index (κ1) is 17.4. The van der Waals surface area contributed by atoms with E-state index in [1.54, 1.807) is 11.3 Å². The highest BCUT2D eigenvalue weighted by molar-refractivity contribution is 7.13. The summed E-state index contributed by atoms with van der Waals surface area (Å²) in [5, 5.41) is 9.14. The van der Waals surface area contributed by atoms with Gasteiger partial charge in [-0.2, -0.15) is 0 Å². The Morgan fingerprint density at radius 3 is 2.65 bits per heavy atom. The number of carbonyl (C=O) groups excluding carboxylic acids is 1. The molecule has 1 amide bonds. The molecule has 3 N–H and O–H groups in total. The first-order chi connectivity index (χ1) is 10.9. The monoisotopic (exact) mass is 333 g/mol. The Hall–Kier alpha value is -1.92. The molecule has 0 radical (unpaired) electrons. The number of thiazole rings is 1. The van der Waals surface area contributed by atoms with Crippen molar-refractivity contribution in [1.82, 2.24) is 10.3 Å². The highest BCUT2D eigenvalue weighted by atomic mass is 32.1. The molecule has 1 heterocycles. The average Bonchev–Trinajstić information content (AvgIpc) is 2.87. The van der Waals surface area contributed by atoms with Crippen LogP contribution in [0.1, 0.15) is 25.1 Å². The van der Waals surface area contributed by atoms with E-state index in [-0.39, 0.29) is 11.9 Å². The third-order valence-electron chi connectivity index (χ3n) is 3.25. The highest BCUT2D eigenvalue weighted by Gasteiger charge is 2.13. The summed E-state index contributed by atoms with van der Waals surface area (Å²) in [5.41, 5.74) is 3.27. The molecule has 6 heteroatoms. The topological polar surface area (TPSA) is 58.5 Å². The van der Waals surface area contributed by atoms with E-state index >= 15 is 0 Å². The van der Waals surface area contributed by atoms with Crippen LogP contribution in [0.3, 0.4) is 0 Å². The molecule has 1 atom stereocenters. The standard InChI is InChI=1S/C17H24N4OS/c1-12(2)18-16(22)10-21(4)9-15-11-23-17(20-15)19-14-7-5-13(3)6-8-14/h5-8,11-12H,9-10H2,1-4H3,(H,18,22)(H,19,20)/p+1. The predicted octanol–water partition coefficient (Wildman–Crippen LogP) is 1.73. The van der Waals surface area contributed by atoms with Crippen LogP contribution >= 0.6 is 11.3 Å². The molecule has 0 bridgehead atoms. The van der Waals surface area contributed by atoms with Gasteiger partial charge >= 0.3 is 0 Å². The molecular weight excluding hydrogens is 308 g/mol. The lowest BCUT2D eigenvalue weighted by atomic mass is 10.2. The van der Waals surface area contributed by atoms with Gasteiger partial charge in [0.1, 0.15) is 12.2 Å². The van der Waals surface area contributed by atoms with Gasteiger partial charge in [0.25, 0.3) is 5.91 Å². The third-order valence-corrected chi connectivity index (χ3v) is 4.06. The van der Waals surface area contributed by atoms with Gasteiger partial charge in [-0.15, -0.1) is 11.3 Å². The van der Waals surface area contributed by atoms with Crippen LogP contribution in [0.4, 0.5) is 10.8 Å². The van der Waals surface area contributed by atoms with Crippen LogP contribution in [0.2, 0.25) is 0 Å². The molecular formula is C17H25N4OS+. The number of aryl methyl sites for hydroxylation is 1. The quantitative estimate of drug-likeness (QED) is 0.723. The minimum absolute atomic E-state index is 0.0748. The lowest BCUT2D eigenvalue weighted by molar-refractivity contribution is -0.885. The number of amides is 1. The number of nitrogens with zero attached hydrogens (tertiary/aromatic N) is 1. The van der Waals surface area contributed by atoms with Crippen LogP contribution < -0.4 is 15.5 Å². The summed E-state index contributed by atoms with van der Waals surface area (Å²) in [6.07, 6.45) is 0. The van der Waals surface area contributed by atoms with Crippen LogP contribution in [-0.4, -0.2) is 30.5 Å². The van der Waals surface area contributed by atoms with Gasteiger partial charge in [-0.3, -0.25) is 4.79 Å². The second-order valence-corrected chi connectivity index (χ2v) is 7.03. The van der Waals surface area contributed by atoms with Gasteiger partial charge in [0, 0.05) is 17.1 Å². The number of rotatable bonds is 7. The summed E-state index contributed by atoms with van der Waals surface area (Å²) in [6.45, 7) is 7.20. The Bertz CT molecular complexity index is 636. The second kappa shape index (κ2) is 8.08. The Labute approximate surface area is 141 Å². The Morgan fingerprint density at radius 2 is 2.00 bits per heavy atom. The minimum Gasteiger partial charge on any atom is -0.349 e. The summed E-state index contributed by atoms with van der Waals surface area (Å²) in [7, 11) is 2.01. The lowest BCUT2D eigenvalue weighted by Crippen LogP contribution is -3.09. The lowest BCUT2D eigenvalue weighted by Gasteiger charge is -2.13. The fraction of sp³-hybridized carbons (Fsp3) is 0.412. The van der Waals surface area contributed by atoms with E-state index in [9.17, 15) is 4.79 Å². The summed E-state index contributed by atoms with van der Waals surface area (Å²) >= 11 is 1.58. The molecule has 0 spiro atoms. The van der Waals surface area contributed by atoms with Crippen molar-refractivity contribution >= 4 is 28.1 Å². The molecule has 1 aromatic heterocycles. The van der Waals surface area contributed by atoms with E-state index in [2.05, 4.69) is 34.7 Å². The molecule has 1 unspecified atom stereocenters. The average molecular weight is 333 g/mol. The summed E-state index contributed by atoms with van der Waals surface area (Å²) in [4.78, 5) is 17.5. The molecule has 124 valence electrons. The second-order valence-electron chi connectivity index (χ2n) is 6.17. The number of aromatic nitrogens is 1. The van der Waals surface area contributed by atoms with Crippen LogP contribution in [0.15, 0.2) is 29.6 Å². The summed E-state index contributed by atoms with van der Waals surface area (Å²) in [6, 6.07) is 8.41. The van der Waals surface area contributed by atoms with Gasteiger partial charge < -0.3 is 15.5 Å². The number of nitrogens with one attached hydrogen (secondary N) is 3. The van der Waals surface area contributed by atoms with Crippen molar-refractivity contribution in [1.29, 1.82) is 0 Å². The molecule has 0 saturated heterocycles. The Kier molecular flexibility index (Phi) is 6.12. The Morgan fingerprint density at radius 1 is 1.30 bits per heavy atom. The first-order valence-corrected chi connectivity index (χ1v) is 8.69. The fourth-order valence-corrected chi connectivity index (χ4v) is 2.96. The number of anilines is 2. The molecule has 1 aromatic carbocycles. The normalized spacial score (nSPS) is 12.2. The molecule has 0 aliphatic rings. The van der Waals surface area contributed by atoms with Crippen LogP contribution in [0.25, 0.3) is 0 Å². The maximum atomic E-state index is 11.8. The summed E-state index contributed by atoms with van der Waals surface area (Å²) in [5.74, 6) is 0.0748. The SMILES string of the molecule is Cc1ccc(Nc2nc(C[NH+](C)CC(=O)NC(C)C)cs2)cc1. The van der Waals surface area contributed by atoms with E-state index in [0.717, 1.165) is 28.0 Å². The number of quaternary nitrogens is 1. The molecule has 0 saturated carbocycles. The van der Waals surface area contributed by atoms with Crippen LogP contribution in [0, 0.1) is 6.92 Å². The van der Waals surface area contributed by atoms with Crippen molar-refractivity contribution in [2.45, 2.75) is 33.4 Å². The van der Waals surface area contributed by atoms with Gasteiger partial charge in [-0.05, 0) is 32.9 Å². The molecule has 0 aliphatic heterocycles. The van der Waals surface area contributed by atoms with Gasteiger partial charge in [0.2, 0.25) is 0 Å². The van der Waals surface area contributed by atoms with E-state index in [1.165, 1.54) is 5.56 Å². The maximum absolute atomic E-state index is 11.8. The Balaban J connectivity index is 1.86. The zero-order chi connectivity index (χ0) is 16.8. The van der Waals surface area contributed by atoms with Crippen molar-refractivity contribution in [2.24, 2.45) is 0 Å². The minimum atomic E-state index is 0.0748. The molecule has 5 nitrogen and oxygen atoms in total. The van der Waals surface area contributed by atoms with Gasteiger partial charge in [-0.25, -0.2) is 4.98 Å². The van der Waals surface area contributed by atoms with E-state index < -0.39 is 0 Å². The maximum Gasteiger partial charge on any atom is 0.275 e. The van der Waals surface area contributed by atoms with Crippen molar-refractivity contribution in [3.63, 3.8) is 0 Å². The van der Waals surface area contributed by atoms with Crippen LogP contribution in [-0.2, 0) is 11.3 Å². The number of hydrogen-bond acceptors (Lipinski definition) is 4.